The molecule has 2 fully saturated rings. The van der Waals surface area contributed by atoms with Gasteiger partial charge >= 0.3 is 0 Å². The Balaban J connectivity index is 1.49. The minimum Gasteiger partial charge on any atom is -0.454 e. The van der Waals surface area contributed by atoms with Crippen molar-refractivity contribution in [3.05, 3.63) is 17.9 Å². The zero-order valence-corrected chi connectivity index (χ0v) is 14.2. The van der Waals surface area contributed by atoms with Gasteiger partial charge in [0.1, 0.15) is 5.76 Å². The number of furan rings is 1. The van der Waals surface area contributed by atoms with E-state index in [0.717, 1.165) is 29.2 Å². The van der Waals surface area contributed by atoms with Gasteiger partial charge in [0, 0.05) is 24.9 Å². The summed E-state index contributed by atoms with van der Waals surface area (Å²) in [4.78, 5) is 2.21. The average Bonchev–Trinajstić information content (AvgIpc) is 3.08. The van der Waals surface area contributed by atoms with E-state index in [2.05, 4.69) is 17.0 Å². The van der Waals surface area contributed by atoms with Crippen molar-refractivity contribution in [3.8, 4) is 0 Å². The van der Waals surface area contributed by atoms with Crippen LogP contribution in [0.4, 0.5) is 0 Å². The summed E-state index contributed by atoms with van der Waals surface area (Å²) in [6.07, 6.45) is 6.29. The molecule has 0 spiro atoms. The molecule has 4 nitrogen and oxygen atoms in total. The highest BCUT2D eigenvalue weighted by molar-refractivity contribution is 7.99. The van der Waals surface area contributed by atoms with Gasteiger partial charge in [-0.2, -0.15) is 0 Å². The molecular formula is C17H27NO3S. The van der Waals surface area contributed by atoms with E-state index in [1.54, 1.807) is 0 Å². The number of rotatable bonds is 6. The molecule has 2 aliphatic rings. The number of aliphatic hydroxyl groups is 1. The number of hydrogen-bond donors (Lipinski definition) is 1. The molecular weight excluding hydrogens is 298 g/mol. The molecule has 124 valence electrons. The zero-order chi connectivity index (χ0) is 15.4. The summed E-state index contributed by atoms with van der Waals surface area (Å²) in [6, 6.07) is 4.17. The van der Waals surface area contributed by atoms with E-state index in [4.69, 9.17) is 9.15 Å². The third-order valence-electron chi connectivity index (χ3n) is 4.54. The Hall–Kier alpha value is -0.490. The maximum absolute atomic E-state index is 9.99. The van der Waals surface area contributed by atoms with Crippen LogP contribution in [0.25, 0.3) is 0 Å². The summed E-state index contributed by atoms with van der Waals surface area (Å²) >= 11 is 1.89. The summed E-state index contributed by atoms with van der Waals surface area (Å²) in [5.74, 6) is 0.989. The molecule has 1 saturated carbocycles. The molecule has 2 atom stereocenters. The molecule has 1 aromatic rings. The van der Waals surface area contributed by atoms with Gasteiger partial charge in [0.25, 0.3) is 0 Å². The fraction of sp³-hybridized carbons (Fsp3) is 0.765. The fourth-order valence-electron chi connectivity index (χ4n) is 3.41. The van der Waals surface area contributed by atoms with Crippen molar-refractivity contribution in [2.24, 2.45) is 0 Å². The third-order valence-corrected chi connectivity index (χ3v) is 5.80. The monoisotopic (exact) mass is 325 g/mol. The topological polar surface area (TPSA) is 45.8 Å². The molecule has 0 aromatic carbocycles. The van der Waals surface area contributed by atoms with Crippen LogP contribution in [0.3, 0.4) is 0 Å². The van der Waals surface area contributed by atoms with E-state index in [1.807, 2.05) is 18.7 Å². The Kier molecular flexibility index (Phi) is 5.85. The van der Waals surface area contributed by atoms with Crippen molar-refractivity contribution in [2.45, 2.75) is 68.1 Å². The molecule has 22 heavy (non-hydrogen) atoms. The van der Waals surface area contributed by atoms with Crippen LogP contribution < -0.4 is 0 Å². The first-order valence-corrected chi connectivity index (χ1v) is 9.40. The highest BCUT2D eigenvalue weighted by atomic mass is 32.2. The zero-order valence-electron chi connectivity index (χ0n) is 13.4. The molecule has 2 heterocycles. The Morgan fingerprint density at radius 3 is 2.86 bits per heavy atom. The molecule has 1 N–H and O–H groups in total. The number of aliphatic hydroxyl groups excluding tert-OH is 1. The highest BCUT2D eigenvalue weighted by Gasteiger charge is 2.32. The average molecular weight is 325 g/mol. The minimum atomic E-state index is -0.383. The first kappa shape index (κ1) is 16.4. The molecule has 0 amide bonds. The van der Waals surface area contributed by atoms with E-state index >= 15 is 0 Å². The first-order chi connectivity index (χ1) is 10.7. The van der Waals surface area contributed by atoms with Crippen molar-refractivity contribution in [3.63, 3.8) is 0 Å². The Bertz CT molecular complexity index is 459. The Morgan fingerprint density at radius 2 is 2.09 bits per heavy atom. The van der Waals surface area contributed by atoms with Gasteiger partial charge in [-0.15, -0.1) is 0 Å². The summed E-state index contributed by atoms with van der Waals surface area (Å²) in [6.45, 7) is 4.82. The molecule has 0 unspecified atom stereocenters. The van der Waals surface area contributed by atoms with Gasteiger partial charge in [-0.05, 0) is 31.9 Å². The second-order valence-corrected chi connectivity index (χ2v) is 7.66. The van der Waals surface area contributed by atoms with Gasteiger partial charge in [0.2, 0.25) is 0 Å². The van der Waals surface area contributed by atoms with Crippen molar-refractivity contribution in [1.29, 1.82) is 0 Å². The third kappa shape index (κ3) is 4.28. The predicted molar refractivity (Wildman–Crippen MR) is 88.1 cm³/mol. The number of likely N-dealkylation sites (tertiary alicyclic amines) is 1. The molecule has 0 radical (unpaired) electrons. The smallest absolute Gasteiger partial charge is 0.160 e. The van der Waals surface area contributed by atoms with Crippen LogP contribution in [0, 0.1) is 0 Å². The Morgan fingerprint density at radius 1 is 1.27 bits per heavy atom. The highest BCUT2D eigenvalue weighted by Crippen LogP contribution is 2.34. The second-order valence-electron chi connectivity index (χ2n) is 6.35. The van der Waals surface area contributed by atoms with Crippen LogP contribution in [0.15, 0.2) is 21.6 Å². The number of β-amino-alcohol motifs (C(OH)–C–C–N with tert-alkyl or cyclic N) is 1. The quantitative estimate of drug-likeness (QED) is 0.869. The molecule has 3 rings (SSSR count). The largest absolute Gasteiger partial charge is 0.454 e. The van der Waals surface area contributed by atoms with Crippen LogP contribution in [-0.4, -0.2) is 47.2 Å². The lowest BCUT2D eigenvalue weighted by atomic mass is 10.0. The van der Waals surface area contributed by atoms with Crippen LogP contribution in [0.5, 0.6) is 0 Å². The van der Waals surface area contributed by atoms with E-state index in [0.29, 0.717) is 13.2 Å². The maximum atomic E-state index is 9.99. The Labute approximate surface area is 137 Å². The molecule has 0 bridgehead atoms. The lowest BCUT2D eigenvalue weighted by molar-refractivity contribution is -0.00247. The van der Waals surface area contributed by atoms with E-state index in [9.17, 15) is 5.11 Å². The van der Waals surface area contributed by atoms with E-state index in [1.165, 1.54) is 32.1 Å². The van der Waals surface area contributed by atoms with Gasteiger partial charge in [-0.25, -0.2) is 0 Å². The van der Waals surface area contributed by atoms with Crippen molar-refractivity contribution in [2.75, 3.05) is 19.7 Å². The lowest BCUT2D eigenvalue weighted by Crippen LogP contribution is -2.26. The minimum absolute atomic E-state index is 0.0592. The van der Waals surface area contributed by atoms with Crippen LogP contribution >= 0.6 is 11.8 Å². The van der Waals surface area contributed by atoms with Crippen LogP contribution in [0.1, 0.15) is 44.8 Å². The normalized spacial score (nSPS) is 27.5. The lowest BCUT2D eigenvalue weighted by Gasteiger charge is -2.19. The van der Waals surface area contributed by atoms with Gasteiger partial charge in [0.15, 0.2) is 5.09 Å². The number of ether oxygens (including phenoxy) is 1. The second kappa shape index (κ2) is 7.86. The molecule has 1 saturated heterocycles. The first-order valence-electron chi connectivity index (χ1n) is 8.52. The number of hydrogen-bond acceptors (Lipinski definition) is 5. The van der Waals surface area contributed by atoms with Crippen molar-refractivity contribution < 1.29 is 14.3 Å². The molecule has 1 aliphatic carbocycles. The molecule has 5 heteroatoms. The predicted octanol–water partition coefficient (Wildman–Crippen LogP) is 3.29. The van der Waals surface area contributed by atoms with Gasteiger partial charge < -0.3 is 14.3 Å². The summed E-state index contributed by atoms with van der Waals surface area (Å²) in [7, 11) is 0. The number of nitrogens with zero attached hydrogens (tertiary/aromatic N) is 1. The van der Waals surface area contributed by atoms with Crippen LogP contribution in [0.2, 0.25) is 0 Å². The SMILES string of the molecule is CCO[C@H]1CN(Cc2ccc(SC3CCCCC3)o2)C[C@@H]1O. The number of thioether (sulfide) groups is 1. The van der Waals surface area contributed by atoms with E-state index in [-0.39, 0.29) is 12.2 Å². The van der Waals surface area contributed by atoms with E-state index < -0.39 is 0 Å². The van der Waals surface area contributed by atoms with Gasteiger partial charge in [-0.1, -0.05) is 31.0 Å². The molecule has 1 aromatic heterocycles. The standard InChI is InChI=1S/C17H27NO3S/c1-2-20-16-12-18(11-15(16)19)10-13-8-9-17(21-13)22-14-6-4-3-5-7-14/h8-9,14-16,19H,2-7,10-12H2,1H3/t15-,16-/m0/s1. The summed E-state index contributed by atoms with van der Waals surface area (Å²) < 4.78 is 11.5. The van der Waals surface area contributed by atoms with Crippen molar-refractivity contribution in [1.82, 2.24) is 4.90 Å². The van der Waals surface area contributed by atoms with Gasteiger partial charge in [-0.3, -0.25) is 4.90 Å². The summed E-state index contributed by atoms with van der Waals surface area (Å²) in [5, 5.41) is 11.8. The molecule has 1 aliphatic heterocycles. The van der Waals surface area contributed by atoms with Gasteiger partial charge in [0.05, 0.1) is 18.8 Å². The van der Waals surface area contributed by atoms with Crippen molar-refractivity contribution >= 4 is 11.8 Å². The maximum Gasteiger partial charge on any atom is 0.160 e. The van der Waals surface area contributed by atoms with Crippen LogP contribution in [-0.2, 0) is 11.3 Å². The summed E-state index contributed by atoms with van der Waals surface area (Å²) in [5.41, 5.74) is 0. The fourth-order valence-corrected chi connectivity index (χ4v) is 4.61.